The third-order valence-electron chi connectivity index (χ3n) is 5.78. The van der Waals surface area contributed by atoms with Crippen molar-refractivity contribution in [3.8, 4) is 5.75 Å². The maximum Gasteiger partial charge on any atom is 0.270 e. The van der Waals surface area contributed by atoms with Crippen LogP contribution in [0, 0.1) is 20.8 Å². The third kappa shape index (κ3) is 5.88. The molecule has 34 heavy (non-hydrogen) atoms. The van der Waals surface area contributed by atoms with Crippen LogP contribution in [0.1, 0.15) is 42.0 Å². The SMILES string of the molecule is CCc1ccc(OCCCC(=O)N(c2cccc(C)c2C)S(=O)(=O)c2ccc(C)cc2)c(Br)c1. The second-order valence-corrected chi connectivity index (χ2v) is 10.9. The number of sulfonamides is 1. The van der Waals surface area contributed by atoms with Gasteiger partial charge in [-0.2, -0.15) is 0 Å². The van der Waals surface area contributed by atoms with Gasteiger partial charge < -0.3 is 4.74 Å². The zero-order chi connectivity index (χ0) is 24.9. The second-order valence-electron chi connectivity index (χ2n) is 8.27. The van der Waals surface area contributed by atoms with Crippen LogP contribution in [0.4, 0.5) is 5.69 Å². The number of amides is 1. The Morgan fingerprint density at radius 3 is 2.35 bits per heavy atom. The molecule has 0 atom stereocenters. The lowest BCUT2D eigenvalue weighted by Crippen LogP contribution is -2.37. The summed E-state index contributed by atoms with van der Waals surface area (Å²) in [5.74, 6) is 0.210. The highest BCUT2D eigenvalue weighted by Gasteiger charge is 2.31. The summed E-state index contributed by atoms with van der Waals surface area (Å²) in [6, 6.07) is 17.8. The Bertz CT molecular complexity index is 1270. The molecule has 0 N–H and O–H groups in total. The van der Waals surface area contributed by atoms with E-state index in [4.69, 9.17) is 4.74 Å². The zero-order valence-corrected chi connectivity index (χ0v) is 22.4. The van der Waals surface area contributed by atoms with Gasteiger partial charge in [0.2, 0.25) is 5.91 Å². The molecule has 0 aliphatic heterocycles. The number of rotatable bonds is 9. The molecule has 180 valence electrons. The van der Waals surface area contributed by atoms with Gasteiger partial charge in [0.1, 0.15) is 5.75 Å². The van der Waals surface area contributed by atoms with E-state index >= 15 is 0 Å². The molecule has 0 aliphatic rings. The van der Waals surface area contributed by atoms with Crippen LogP contribution in [0.2, 0.25) is 0 Å². The van der Waals surface area contributed by atoms with Gasteiger partial charge in [0.15, 0.2) is 0 Å². The molecule has 0 saturated carbocycles. The van der Waals surface area contributed by atoms with Crippen molar-refractivity contribution in [2.24, 2.45) is 0 Å². The maximum absolute atomic E-state index is 13.6. The minimum atomic E-state index is -4.08. The molecule has 3 rings (SSSR count). The van der Waals surface area contributed by atoms with Crippen molar-refractivity contribution in [1.82, 2.24) is 0 Å². The van der Waals surface area contributed by atoms with Crippen molar-refractivity contribution < 1.29 is 17.9 Å². The molecule has 5 nitrogen and oxygen atoms in total. The Balaban J connectivity index is 1.81. The van der Waals surface area contributed by atoms with Crippen molar-refractivity contribution in [3.63, 3.8) is 0 Å². The lowest BCUT2D eigenvalue weighted by atomic mass is 10.1. The number of anilines is 1. The highest BCUT2D eigenvalue weighted by Crippen LogP contribution is 2.30. The van der Waals surface area contributed by atoms with Gasteiger partial charge in [-0.3, -0.25) is 4.79 Å². The normalized spacial score (nSPS) is 11.3. The monoisotopic (exact) mass is 543 g/mol. The molecule has 0 aliphatic carbocycles. The fourth-order valence-electron chi connectivity index (χ4n) is 3.56. The molecule has 0 aromatic heterocycles. The molecule has 0 spiro atoms. The summed E-state index contributed by atoms with van der Waals surface area (Å²) in [5, 5.41) is 0. The largest absolute Gasteiger partial charge is 0.492 e. The number of carbonyl (C=O) groups is 1. The van der Waals surface area contributed by atoms with Crippen LogP contribution in [0.3, 0.4) is 0 Å². The number of halogens is 1. The van der Waals surface area contributed by atoms with E-state index < -0.39 is 15.9 Å². The minimum absolute atomic E-state index is 0.0309. The van der Waals surface area contributed by atoms with Crippen molar-refractivity contribution in [1.29, 1.82) is 0 Å². The summed E-state index contributed by atoms with van der Waals surface area (Å²) in [6.45, 7) is 7.99. The van der Waals surface area contributed by atoms with Crippen LogP contribution in [0.15, 0.2) is 70.0 Å². The number of nitrogens with zero attached hydrogens (tertiary/aromatic N) is 1. The summed E-state index contributed by atoms with van der Waals surface area (Å²) >= 11 is 3.52. The van der Waals surface area contributed by atoms with E-state index in [1.807, 2.05) is 45.0 Å². The summed E-state index contributed by atoms with van der Waals surface area (Å²) in [4.78, 5) is 13.4. The smallest absolute Gasteiger partial charge is 0.270 e. The Labute approximate surface area is 210 Å². The lowest BCUT2D eigenvalue weighted by Gasteiger charge is -2.25. The average Bonchev–Trinajstić information content (AvgIpc) is 2.80. The molecule has 1 amide bonds. The molecule has 0 radical (unpaired) electrons. The molecular formula is C27H30BrNO4S. The maximum atomic E-state index is 13.6. The van der Waals surface area contributed by atoms with E-state index in [0.29, 0.717) is 24.5 Å². The van der Waals surface area contributed by atoms with Crippen molar-refractivity contribution in [3.05, 3.63) is 87.4 Å². The summed E-state index contributed by atoms with van der Waals surface area (Å²) in [7, 11) is -4.08. The standard InChI is InChI=1S/C27H30BrNO4S/c1-5-22-13-16-26(24(28)18-22)33-17-7-10-27(30)29(25-9-6-8-20(3)21(25)4)34(31,32)23-14-11-19(2)12-15-23/h6,8-9,11-16,18H,5,7,10,17H2,1-4H3. The number of hydrogen-bond donors (Lipinski definition) is 0. The summed E-state index contributed by atoms with van der Waals surface area (Å²) in [6.07, 6.45) is 1.34. The van der Waals surface area contributed by atoms with Gasteiger partial charge in [-0.25, -0.2) is 12.7 Å². The van der Waals surface area contributed by atoms with E-state index in [0.717, 1.165) is 31.9 Å². The van der Waals surface area contributed by atoms with Gasteiger partial charge in [-0.15, -0.1) is 0 Å². The molecule has 0 saturated heterocycles. The summed E-state index contributed by atoms with van der Waals surface area (Å²) in [5.41, 5.74) is 4.18. The van der Waals surface area contributed by atoms with Crippen LogP contribution >= 0.6 is 15.9 Å². The van der Waals surface area contributed by atoms with Crippen LogP contribution in [-0.4, -0.2) is 20.9 Å². The lowest BCUT2D eigenvalue weighted by molar-refractivity contribution is -0.117. The number of benzene rings is 3. The predicted molar refractivity (Wildman–Crippen MR) is 140 cm³/mol. The third-order valence-corrected chi connectivity index (χ3v) is 8.15. The molecular weight excluding hydrogens is 514 g/mol. The molecule has 0 bridgehead atoms. The van der Waals surface area contributed by atoms with Gasteiger partial charge in [-0.1, -0.05) is 42.8 Å². The predicted octanol–water partition coefficient (Wildman–Crippen LogP) is 6.52. The summed E-state index contributed by atoms with van der Waals surface area (Å²) < 4.78 is 34.8. The quantitative estimate of drug-likeness (QED) is 0.288. The fourth-order valence-corrected chi connectivity index (χ4v) is 5.61. The molecule has 0 fully saturated rings. The number of carbonyl (C=O) groups excluding carboxylic acids is 1. The van der Waals surface area contributed by atoms with E-state index in [2.05, 4.69) is 22.9 Å². The van der Waals surface area contributed by atoms with Crippen molar-refractivity contribution in [2.75, 3.05) is 10.9 Å². The average molecular weight is 545 g/mol. The van der Waals surface area contributed by atoms with Crippen molar-refractivity contribution in [2.45, 2.75) is 51.9 Å². The van der Waals surface area contributed by atoms with E-state index in [9.17, 15) is 13.2 Å². The van der Waals surface area contributed by atoms with Crippen LogP contribution < -0.4 is 9.04 Å². The first-order chi connectivity index (χ1) is 16.1. The Hall–Kier alpha value is -2.64. The first-order valence-electron chi connectivity index (χ1n) is 11.3. The van der Waals surface area contributed by atoms with Gasteiger partial charge in [0.05, 0.1) is 21.7 Å². The Morgan fingerprint density at radius 1 is 1.00 bits per heavy atom. The number of ether oxygens (including phenoxy) is 1. The van der Waals surface area contributed by atoms with Crippen LogP contribution in [0.5, 0.6) is 5.75 Å². The number of hydrogen-bond acceptors (Lipinski definition) is 4. The van der Waals surface area contributed by atoms with E-state index in [-0.39, 0.29) is 11.3 Å². The fraction of sp³-hybridized carbons (Fsp3) is 0.296. The van der Waals surface area contributed by atoms with Crippen LogP contribution in [-0.2, 0) is 21.2 Å². The van der Waals surface area contributed by atoms with E-state index in [1.165, 1.54) is 17.7 Å². The highest BCUT2D eigenvalue weighted by atomic mass is 79.9. The Kier molecular flexibility index (Phi) is 8.55. The Morgan fingerprint density at radius 2 is 1.71 bits per heavy atom. The first kappa shape index (κ1) is 26.0. The zero-order valence-electron chi connectivity index (χ0n) is 20.0. The van der Waals surface area contributed by atoms with Gasteiger partial charge in [-0.05, 0) is 96.6 Å². The molecule has 0 unspecified atom stereocenters. The van der Waals surface area contributed by atoms with Gasteiger partial charge >= 0.3 is 0 Å². The molecule has 0 heterocycles. The number of aryl methyl sites for hydroxylation is 3. The topological polar surface area (TPSA) is 63.7 Å². The van der Waals surface area contributed by atoms with Gasteiger partial charge in [0, 0.05) is 6.42 Å². The molecule has 3 aromatic carbocycles. The van der Waals surface area contributed by atoms with E-state index in [1.54, 1.807) is 24.3 Å². The molecule has 3 aromatic rings. The second kappa shape index (κ2) is 11.2. The van der Waals surface area contributed by atoms with Gasteiger partial charge in [0.25, 0.3) is 10.0 Å². The van der Waals surface area contributed by atoms with Crippen molar-refractivity contribution >= 4 is 37.5 Å². The first-order valence-corrected chi connectivity index (χ1v) is 13.5. The minimum Gasteiger partial charge on any atom is -0.492 e. The van der Waals surface area contributed by atoms with Crippen LogP contribution in [0.25, 0.3) is 0 Å². The molecule has 7 heteroatoms. The highest BCUT2D eigenvalue weighted by molar-refractivity contribution is 9.10.